The number of aromatic nitrogens is 1. The second kappa shape index (κ2) is 8.51. The topological polar surface area (TPSA) is 107 Å². The molecule has 166 valence electrons. The molecule has 1 N–H and O–H groups in total. The first-order valence-corrected chi connectivity index (χ1v) is 11.7. The minimum Gasteiger partial charge on any atom is -0.474 e. The van der Waals surface area contributed by atoms with Crippen molar-refractivity contribution in [2.75, 3.05) is 20.0 Å². The van der Waals surface area contributed by atoms with Gasteiger partial charge >= 0.3 is 5.97 Å². The number of hydrogen-bond donors (Lipinski definition) is 1. The van der Waals surface area contributed by atoms with E-state index in [2.05, 4.69) is 9.98 Å². The van der Waals surface area contributed by atoms with Gasteiger partial charge in [-0.25, -0.2) is 18.2 Å². The van der Waals surface area contributed by atoms with E-state index in [-0.39, 0.29) is 10.9 Å². The fraction of sp³-hybridized carbons (Fsp3) is 0.217. The molecule has 1 aromatic heterocycles. The third-order valence-electron chi connectivity index (χ3n) is 4.84. The number of aliphatic imine (C=N–C) groups is 1. The zero-order valence-corrected chi connectivity index (χ0v) is 18.6. The van der Waals surface area contributed by atoms with Gasteiger partial charge in [0.1, 0.15) is 23.8 Å². The van der Waals surface area contributed by atoms with Crippen molar-refractivity contribution in [3.05, 3.63) is 65.9 Å². The predicted molar refractivity (Wildman–Crippen MR) is 119 cm³/mol. The summed E-state index contributed by atoms with van der Waals surface area (Å²) in [6.07, 6.45) is 1.14. The lowest BCUT2D eigenvalue weighted by Crippen LogP contribution is -2.03. The molecule has 0 saturated heterocycles. The Bertz CT molecular complexity index is 1290. The van der Waals surface area contributed by atoms with Crippen LogP contribution in [0.3, 0.4) is 0 Å². The zero-order valence-electron chi connectivity index (χ0n) is 17.8. The molecule has 9 heteroatoms. The van der Waals surface area contributed by atoms with Crippen LogP contribution in [0.2, 0.25) is 0 Å². The van der Waals surface area contributed by atoms with E-state index in [9.17, 15) is 13.2 Å². The number of carbonyl (C=O) groups excluding carboxylic acids is 1. The molecular formula is C23H22N2O6S. The average Bonchev–Trinajstić information content (AvgIpc) is 3.42. The van der Waals surface area contributed by atoms with E-state index >= 15 is 0 Å². The highest BCUT2D eigenvalue weighted by atomic mass is 32.2. The molecule has 1 aliphatic rings. The number of carbonyl (C=O) groups is 1. The molecule has 0 spiro atoms. The van der Waals surface area contributed by atoms with Crippen molar-refractivity contribution in [3.63, 3.8) is 0 Å². The third-order valence-corrected chi connectivity index (χ3v) is 5.97. The fourth-order valence-corrected chi connectivity index (χ4v) is 3.88. The van der Waals surface area contributed by atoms with Gasteiger partial charge in [-0.2, -0.15) is 0 Å². The molecule has 1 aliphatic heterocycles. The van der Waals surface area contributed by atoms with Crippen LogP contribution in [0.4, 0.5) is 0 Å². The number of methoxy groups -OCH3 is 1. The Morgan fingerprint density at radius 1 is 1.06 bits per heavy atom. The zero-order chi connectivity index (χ0) is 22.9. The van der Waals surface area contributed by atoms with Gasteiger partial charge in [0.15, 0.2) is 9.84 Å². The Morgan fingerprint density at radius 3 is 2.41 bits per heavy atom. The normalized spacial score (nSPS) is 15.7. The number of aromatic amines is 1. The Balaban J connectivity index is 1.67. The maximum absolute atomic E-state index is 12.2. The van der Waals surface area contributed by atoms with Gasteiger partial charge in [-0.1, -0.05) is 0 Å². The van der Waals surface area contributed by atoms with Crippen LogP contribution in [0.5, 0.6) is 11.5 Å². The minimum absolute atomic E-state index is 0.105. The van der Waals surface area contributed by atoms with Crippen molar-refractivity contribution in [1.29, 1.82) is 0 Å². The number of benzene rings is 2. The molecule has 0 amide bonds. The van der Waals surface area contributed by atoms with Crippen molar-refractivity contribution < 1.29 is 27.4 Å². The highest BCUT2D eigenvalue weighted by Crippen LogP contribution is 2.30. The largest absolute Gasteiger partial charge is 0.474 e. The Kier molecular flexibility index (Phi) is 5.75. The highest BCUT2D eigenvalue weighted by molar-refractivity contribution is 7.90. The number of nitrogens with one attached hydrogen (secondary N) is 1. The molecule has 4 rings (SSSR count). The van der Waals surface area contributed by atoms with Crippen molar-refractivity contribution in [2.24, 2.45) is 4.99 Å². The Labute approximate surface area is 185 Å². The van der Waals surface area contributed by atoms with E-state index in [1.165, 1.54) is 19.2 Å². The lowest BCUT2D eigenvalue weighted by atomic mass is 10.1. The summed E-state index contributed by atoms with van der Waals surface area (Å²) < 4.78 is 39.7. The van der Waals surface area contributed by atoms with Gasteiger partial charge < -0.3 is 19.2 Å². The molecule has 2 aromatic carbocycles. The number of esters is 1. The van der Waals surface area contributed by atoms with E-state index in [0.717, 1.165) is 17.6 Å². The number of rotatable bonds is 6. The van der Waals surface area contributed by atoms with Gasteiger partial charge in [-0.05, 0) is 61.5 Å². The Morgan fingerprint density at radius 2 is 1.78 bits per heavy atom. The third kappa shape index (κ3) is 4.67. The van der Waals surface area contributed by atoms with E-state index in [0.29, 0.717) is 35.1 Å². The maximum Gasteiger partial charge on any atom is 0.338 e. The average molecular weight is 455 g/mol. The van der Waals surface area contributed by atoms with Gasteiger partial charge in [0.05, 0.1) is 23.6 Å². The summed E-state index contributed by atoms with van der Waals surface area (Å²) >= 11 is 0. The van der Waals surface area contributed by atoms with E-state index in [1.54, 1.807) is 30.3 Å². The summed E-state index contributed by atoms with van der Waals surface area (Å²) in [7, 11) is -2.00. The maximum atomic E-state index is 12.2. The highest BCUT2D eigenvalue weighted by Gasteiger charge is 2.19. The predicted octanol–water partition coefficient (Wildman–Crippen LogP) is 3.83. The minimum atomic E-state index is -3.31. The van der Waals surface area contributed by atoms with Gasteiger partial charge in [0.2, 0.25) is 5.90 Å². The molecule has 3 aromatic rings. The first kappa shape index (κ1) is 21.6. The summed E-state index contributed by atoms with van der Waals surface area (Å²) in [6.45, 7) is 2.51. The van der Waals surface area contributed by atoms with Crippen molar-refractivity contribution in [3.8, 4) is 22.8 Å². The lowest BCUT2D eigenvalue weighted by Gasteiger charge is -2.10. The van der Waals surface area contributed by atoms with Gasteiger partial charge in [-0.3, -0.25) is 0 Å². The first-order valence-electron chi connectivity index (χ1n) is 9.84. The summed E-state index contributed by atoms with van der Waals surface area (Å²) in [5, 5.41) is 0. The van der Waals surface area contributed by atoms with E-state index in [1.807, 2.05) is 19.1 Å². The van der Waals surface area contributed by atoms with Crippen LogP contribution in [-0.4, -0.2) is 51.3 Å². The quantitative estimate of drug-likeness (QED) is 0.567. The van der Waals surface area contributed by atoms with Gasteiger partial charge in [-0.15, -0.1) is 0 Å². The Hall–Kier alpha value is -3.59. The molecule has 0 fully saturated rings. The number of sulfone groups is 1. The van der Waals surface area contributed by atoms with E-state index in [4.69, 9.17) is 14.2 Å². The molecule has 0 bridgehead atoms. The van der Waals surface area contributed by atoms with Crippen LogP contribution < -0.4 is 4.74 Å². The summed E-state index contributed by atoms with van der Waals surface area (Å²) in [5.74, 6) is 0.873. The number of hydrogen-bond acceptors (Lipinski definition) is 7. The lowest BCUT2D eigenvalue weighted by molar-refractivity contribution is 0.0600. The van der Waals surface area contributed by atoms with Crippen molar-refractivity contribution in [2.45, 2.75) is 17.9 Å². The standard InChI is InChI=1S/C23H22N2O6S/c1-14-13-30-22(24-14)21-9-8-20(25-21)15-10-16(23(26)29-2)12-18(11-15)31-17-4-6-19(7-5-17)32(3,27)28/h4-12,14,25H,13H2,1-3H3/t14-/m1/s1. The molecule has 0 aliphatic carbocycles. The number of nitrogens with zero attached hydrogens (tertiary/aromatic N) is 1. The fourth-order valence-electron chi connectivity index (χ4n) is 3.25. The molecule has 8 nitrogen and oxygen atoms in total. The van der Waals surface area contributed by atoms with Crippen molar-refractivity contribution in [1.82, 2.24) is 4.98 Å². The smallest absolute Gasteiger partial charge is 0.338 e. The molecule has 0 radical (unpaired) electrons. The summed E-state index contributed by atoms with van der Waals surface area (Å²) in [4.78, 5) is 20.1. The van der Waals surface area contributed by atoms with Crippen LogP contribution >= 0.6 is 0 Å². The molecule has 0 unspecified atom stereocenters. The number of H-pyrrole nitrogens is 1. The molecule has 0 saturated carbocycles. The van der Waals surface area contributed by atoms with Gasteiger partial charge in [0.25, 0.3) is 0 Å². The number of ether oxygens (including phenoxy) is 3. The molecule has 2 heterocycles. The molecule has 32 heavy (non-hydrogen) atoms. The monoisotopic (exact) mass is 454 g/mol. The van der Waals surface area contributed by atoms with E-state index < -0.39 is 15.8 Å². The first-order chi connectivity index (χ1) is 15.2. The van der Waals surface area contributed by atoms with Crippen LogP contribution in [0.1, 0.15) is 23.0 Å². The van der Waals surface area contributed by atoms with Gasteiger partial charge in [0, 0.05) is 17.5 Å². The summed E-state index contributed by atoms with van der Waals surface area (Å²) in [6, 6.07) is 14.9. The van der Waals surface area contributed by atoms with Crippen LogP contribution in [-0.2, 0) is 19.3 Å². The van der Waals surface area contributed by atoms with Crippen molar-refractivity contribution >= 4 is 21.7 Å². The van der Waals surface area contributed by atoms with Crippen LogP contribution in [0.15, 0.2) is 64.5 Å². The van der Waals surface area contributed by atoms with Crippen LogP contribution in [0.25, 0.3) is 11.3 Å². The van der Waals surface area contributed by atoms with Crippen LogP contribution in [0, 0.1) is 0 Å². The second-order valence-corrected chi connectivity index (χ2v) is 9.48. The molecular weight excluding hydrogens is 432 g/mol. The summed E-state index contributed by atoms with van der Waals surface area (Å²) in [5.41, 5.74) is 2.50. The SMILES string of the molecule is COC(=O)c1cc(Oc2ccc(S(C)(=O)=O)cc2)cc(-c2ccc(C3=N[C@H](C)CO3)[nH]2)c1. The molecule has 1 atom stereocenters. The second-order valence-electron chi connectivity index (χ2n) is 7.46.